The fraction of sp³-hybridized carbons (Fsp3) is 0.929. The molecule has 0 saturated heterocycles. The molecule has 3 saturated carbocycles. The van der Waals surface area contributed by atoms with Crippen molar-refractivity contribution in [3.05, 3.63) is 0 Å². The van der Waals surface area contributed by atoms with Gasteiger partial charge in [0.15, 0.2) is 0 Å². The molecule has 0 radical (unpaired) electrons. The third kappa shape index (κ3) is 1.94. The second kappa shape index (κ2) is 4.18. The van der Waals surface area contributed by atoms with E-state index in [0.717, 1.165) is 24.2 Å². The van der Waals surface area contributed by atoms with E-state index in [-0.39, 0.29) is 18.2 Å². The Labute approximate surface area is 103 Å². The smallest absolute Gasteiger partial charge is 0.407 e. The van der Waals surface area contributed by atoms with Crippen LogP contribution in [0, 0.1) is 23.7 Å². The van der Waals surface area contributed by atoms with Crippen molar-refractivity contribution in [1.29, 1.82) is 0 Å². The van der Waals surface area contributed by atoms with Crippen LogP contribution in [0.25, 0.3) is 0 Å². The average molecular weight is 237 g/mol. The van der Waals surface area contributed by atoms with Gasteiger partial charge < -0.3 is 10.1 Å². The van der Waals surface area contributed by atoms with Gasteiger partial charge in [0.1, 0.15) is 6.10 Å². The molecule has 2 bridgehead atoms. The van der Waals surface area contributed by atoms with Gasteiger partial charge in [0.05, 0.1) is 0 Å². The van der Waals surface area contributed by atoms with Crippen LogP contribution in [-0.2, 0) is 4.74 Å². The summed E-state index contributed by atoms with van der Waals surface area (Å²) in [5.41, 5.74) is 0. The van der Waals surface area contributed by atoms with Crippen molar-refractivity contribution < 1.29 is 9.53 Å². The van der Waals surface area contributed by atoms with Gasteiger partial charge >= 0.3 is 6.09 Å². The van der Waals surface area contributed by atoms with Gasteiger partial charge in [-0.1, -0.05) is 6.42 Å². The van der Waals surface area contributed by atoms with Crippen LogP contribution in [0.1, 0.15) is 46.0 Å². The van der Waals surface area contributed by atoms with Gasteiger partial charge in [-0.25, -0.2) is 4.79 Å². The van der Waals surface area contributed by atoms with Crippen molar-refractivity contribution in [2.24, 2.45) is 23.7 Å². The molecule has 0 heterocycles. The molecule has 0 unspecified atom stereocenters. The van der Waals surface area contributed by atoms with E-state index in [1.54, 1.807) is 0 Å². The number of nitrogens with one attached hydrogen (secondary N) is 1. The average Bonchev–Trinajstić information content (AvgIpc) is 2.83. The molecule has 3 heteroatoms. The zero-order valence-electron chi connectivity index (χ0n) is 10.8. The molecule has 0 aliphatic heterocycles. The predicted molar refractivity (Wildman–Crippen MR) is 65.6 cm³/mol. The fourth-order valence-corrected chi connectivity index (χ4v) is 4.55. The van der Waals surface area contributed by atoms with Crippen molar-refractivity contribution in [2.75, 3.05) is 0 Å². The summed E-state index contributed by atoms with van der Waals surface area (Å²) < 4.78 is 5.61. The Bertz CT molecular complexity index is 315. The number of ether oxygens (including phenoxy) is 1. The standard InChI is InChI=1S/C14H23NO2/c1-8(2)15-14(16)17-13-7-9-6-12(13)11-5-3-4-10(9)11/h8-13H,3-7H2,1-2H3,(H,15,16)/t9-,10+,11-,12-,13+/m0/s1. The largest absolute Gasteiger partial charge is 0.446 e. The number of fused-ring (bicyclic) bond motifs is 5. The Kier molecular flexibility index (Phi) is 2.80. The predicted octanol–water partition coefficient (Wildman–Crippen LogP) is 2.95. The van der Waals surface area contributed by atoms with Gasteiger partial charge in [0, 0.05) is 6.04 Å². The minimum Gasteiger partial charge on any atom is -0.446 e. The maximum atomic E-state index is 11.6. The van der Waals surface area contributed by atoms with Gasteiger partial charge in [-0.15, -0.1) is 0 Å². The molecule has 1 N–H and O–H groups in total. The molecule has 0 aromatic carbocycles. The Hall–Kier alpha value is -0.730. The number of carbonyl (C=O) groups is 1. The minimum atomic E-state index is -0.216. The Balaban J connectivity index is 1.58. The molecule has 5 atom stereocenters. The van der Waals surface area contributed by atoms with Crippen molar-refractivity contribution in [3.8, 4) is 0 Å². The van der Waals surface area contributed by atoms with Gasteiger partial charge in [0.25, 0.3) is 0 Å². The monoisotopic (exact) mass is 237 g/mol. The zero-order valence-corrected chi connectivity index (χ0v) is 10.8. The first kappa shape index (κ1) is 11.4. The molecule has 3 aliphatic rings. The van der Waals surface area contributed by atoms with E-state index in [2.05, 4.69) is 5.32 Å². The van der Waals surface area contributed by atoms with E-state index >= 15 is 0 Å². The minimum absolute atomic E-state index is 0.167. The fourth-order valence-electron chi connectivity index (χ4n) is 4.55. The summed E-state index contributed by atoms with van der Waals surface area (Å²) in [6, 6.07) is 0.167. The number of alkyl carbamates (subject to hydrolysis) is 1. The summed E-state index contributed by atoms with van der Waals surface area (Å²) >= 11 is 0. The van der Waals surface area contributed by atoms with Gasteiger partial charge in [-0.3, -0.25) is 0 Å². The molecule has 0 aromatic heterocycles. The van der Waals surface area contributed by atoms with E-state index in [1.807, 2.05) is 13.8 Å². The first-order valence-corrected chi connectivity index (χ1v) is 7.12. The molecule has 1 amide bonds. The SMILES string of the molecule is CC(C)NC(=O)O[C@@H]1C[C@@H]2C[C@H]1[C@H]1CCC[C@H]21. The highest BCUT2D eigenvalue weighted by atomic mass is 16.6. The lowest BCUT2D eigenvalue weighted by molar-refractivity contribution is 0.0342. The Morgan fingerprint density at radius 1 is 1.18 bits per heavy atom. The summed E-state index contributed by atoms with van der Waals surface area (Å²) in [5, 5.41) is 2.83. The first-order chi connectivity index (χ1) is 8.15. The molecule has 3 nitrogen and oxygen atoms in total. The highest BCUT2D eigenvalue weighted by Gasteiger charge is 2.55. The molecule has 3 rings (SSSR count). The molecule has 0 aromatic rings. The number of hydrogen-bond donors (Lipinski definition) is 1. The quantitative estimate of drug-likeness (QED) is 0.802. The first-order valence-electron chi connectivity index (χ1n) is 7.12. The number of carbonyl (C=O) groups excluding carboxylic acids is 1. The number of rotatable bonds is 2. The van der Waals surface area contributed by atoms with Gasteiger partial charge in [-0.05, 0) is 63.2 Å². The highest BCUT2D eigenvalue weighted by Crippen LogP contribution is 2.59. The van der Waals surface area contributed by atoms with Crippen molar-refractivity contribution in [2.45, 2.75) is 58.1 Å². The van der Waals surface area contributed by atoms with Crippen LogP contribution in [0.4, 0.5) is 4.79 Å². The topological polar surface area (TPSA) is 38.3 Å². The number of hydrogen-bond acceptors (Lipinski definition) is 2. The van der Waals surface area contributed by atoms with Gasteiger partial charge in [-0.2, -0.15) is 0 Å². The van der Waals surface area contributed by atoms with E-state index in [4.69, 9.17) is 4.74 Å². The summed E-state index contributed by atoms with van der Waals surface area (Å²) in [4.78, 5) is 11.6. The molecule has 96 valence electrons. The molecule has 3 aliphatic carbocycles. The van der Waals surface area contributed by atoms with Crippen LogP contribution in [-0.4, -0.2) is 18.2 Å². The molecule has 3 fully saturated rings. The van der Waals surface area contributed by atoms with E-state index < -0.39 is 0 Å². The van der Waals surface area contributed by atoms with Crippen molar-refractivity contribution in [1.82, 2.24) is 5.32 Å². The van der Waals surface area contributed by atoms with Crippen LogP contribution in [0.15, 0.2) is 0 Å². The summed E-state index contributed by atoms with van der Waals surface area (Å²) in [7, 11) is 0. The molecular formula is C14H23NO2. The summed E-state index contributed by atoms with van der Waals surface area (Å²) in [6.45, 7) is 3.93. The lowest BCUT2D eigenvalue weighted by Gasteiger charge is -2.31. The highest BCUT2D eigenvalue weighted by molar-refractivity contribution is 5.67. The van der Waals surface area contributed by atoms with Crippen LogP contribution in [0.3, 0.4) is 0 Å². The normalized spacial score (nSPS) is 42.9. The molecular weight excluding hydrogens is 214 g/mol. The summed E-state index contributed by atoms with van der Waals surface area (Å²) in [6.07, 6.45) is 6.62. The maximum Gasteiger partial charge on any atom is 0.407 e. The molecule has 17 heavy (non-hydrogen) atoms. The van der Waals surface area contributed by atoms with E-state index in [0.29, 0.717) is 5.92 Å². The lowest BCUT2D eigenvalue weighted by atomic mass is 9.80. The van der Waals surface area contributed by atoms with Crippen molar-refractivity contribution in [3.63, 3.8) is 0 Å². The summed E-state index contributed by atoms with van der Waals surface area (Å²) in [5.74, 6) is 3.35. The third-order valence-electron chi connectivity index (χ3n) is 5.03. The Morgan fingerprint density at radius 2 is 1.94 bits per heavy atom. The maximum absolute atomic E-state index is 11.6. The van der Waals surface area contributed by atoms with Crippen molar-refractivity contribution >= 4 is 6.09 Å². The van der Waals surface area contributed by atoms with Crippen LogP contribution in [0.2, 0.25) is 0 Å². The second-order valence-corrected chi connectivity index (χ2v) is 6.40. The van der Waals surface area contributed by atoms with E-state index in [9.17, 15) is 4.79 Å². The Morgan fingerprint density at radius 3 is 2.71 bits per heavy atom. The number of amides is 1. The van der Waals surface area contributed by atoms with Crippen LogP contribution >= 0.6 is 0 Å². The molecule has 0 spiro atoms. The van der Waals surface area contributed by atoms with Gasteiger partial charge in [0.2, 0.25) is 0 Å². The third-order valence-corrected chi connectivity index (χ3v) is 5.03. The van der Waals surface area contributed by atoms with Crippen LogP contribution in [0.5, 0.6) is 0 Å². The van der Waals surface area contributed by atoms with Crippen LogP contribution < -0.4 is 5.32 Å². The second-order valence-electron chi connectivity index (χ2n) is 6.40. The zero-order chi connectivity index (χ0) is 12.0. The van der Waals surface area contributed by atoms with E-state index in [1.165, 1.54) is 25.7 Å². The lowest BCUT2D eigenvalue weighted by Crippen LogP contribution is -2.38.